The molecule has 1 aliphatic heterocycles. The standard InChI is InChI=1S/C17H17NO3/c1-12-9-15-16(21-8-7-20-15)11-14(12)18-17(19)10-13-5-3-2-4-6-13/h2-6,9,11H,7-8,10H2,1H3,(H,18,19). The first-order valence-corrected chi connectivity index (χ1v) is 6.96. The molecule has 1 N–H and O–H groups in total. The first-order chi connectivity index (χ1) is 10.2. The predicted octanol–water partition coefficient (Wildman–Crippen LogP) is 2.95. The third-order valence-electron chi connectivity index (χ3n) is 3.37. The van der Waals surface area contributed by atoms with Crippen molar-refractivity contribution in [1.82, 2.24) is 0 Å². The third-order valence-corrected chi connectivity index (χ3v) is 3.37. The van der Waals surface area contributed by atoms with Crippen molar-refractivity contribution in [3.05, 3.63) is 53.6 Å². The summed E-state index contributed by atoms with van der Waals surface area (Å²) in [7, 11) is 0. The molecule has 0 atom stereocenters. The number of hydrogen-bond donors (Lipinski definition) is 1. The number of fused-ring (bicyclic) bond motifs is 1. The molecule has 2 aromatic rings. The maximum atomic E-state index is 12.1. The highest BCUT2D eigenvalue weighted by atomic mass is 16.6. The number of carbonyl (C=O) groups is 1. The molecule has 0 unspecified atom stereocenters. The van der Waals surface area contributed by atoms with Crippen LogP contribution < -0.4 is 14.8 Å². The van der Waals surface area contributed by atoms with E-state index >= 15 is 0 Å². The highest BCUT2D eigenvalue weighted by Crippen LogP contribution is 2.35. The molecule has 0 bridgehead atoms. The van der Waals surface area contributed by atoms with Crippen molar-refractivity contribution in [1.29, 1.82) is 0 Å². The minimum Gasteiger partial charge on any atom is -0.486 e. The molecule has 1 amide bonds. The molecule has 1 aliphatic rings. The number of aryl methyl sites for hydroxylation is 1. The molecule has 0 fully saturated rings. The van der Waals surface area contributed by atoms with Crippen LogP contribution in [0.1, 0.15) is 11.1 Å². The molecule has 108 valence electrons. The molecule has 3 rings (SSSR count). The average molecular weight is 283 g/mol. The van der Waals surface area contributed by atoms with Crippen LogP contribution >= 0.6 is 0 Å². The number of ether oxygens (including phenoxy) is 2. The summed E-state index contributed by atoms with van der Waals surface area (Å²) in [6.45, 7) is 3.04. The molecule has 0 radical (unpaired) electrons. The van der Waals surface area contributed by atoms with Crippen LogP contribution in [0.2, 0.25) is 0 Å². The van der Waals surface area contributed by atoms with Crippen LogP contribution in [0.15, 0.2) is 42.5 Å². The molecular formula is C17H17NO3. The second kappa shape index (κ2) is 5.87. The van der Waals surface area contributed by atoms with Crippen LogP contribution in [0.3, 0.4) is 0 Å². The van der Waals surface area contributed by atoms with Gasteiger partial charge in [-0.1, -0.05) is 30.3 Å². The SMILES string of the molecule is Cc1cc2c(cc1NC(=O)Cc1ccccc1)OCCO2. The fourth-order valence-electron chi connectivity index (χ4n) is 2.30. The monoisotopic (exact) mass is 283 g/mol. The predicted molar refractivity (Wildman–Crippen MR) is 80.9 cm³/mol. The Morgan fingerprint density at radius 3 is 2.48 bits per heavy atom. The fraction of sp³-hybridized carbons (Fsp3) is 0.235. The zero-order valence-corrected chi connectivity index (χ0v) is 11.9. The van der Waals surface area contributed by atoms with E-state index in [4.69, 9.17) is 9.47 Å². The molecule has 21 heavy (non-hydrogen) atoms. The molecule has 4 heteroatoms. The van der Waals surface area contributed by atoms with Gasteiger partial charge in [0.25, 0.3) is 0 Å². The van der Waals surface area contributed by atoms with E-state index in [-0.39, 0.29) is 5.91 Å². The zero-order chi connectivity index (χ0) is 14.7. The van der Waals surface area contributed by atoms with Crippen molar-refractivity contribution in [2.24, 2.45) is 0 Å². The lowest BCUT2D eigenvalue weighted by Crippen LogP contribution is -2.18. The molecule has 0 aliphatic carbocycles. The van der Waals surface area contributed by atoms with Gasteiger partial charge in [-0.05, 0) is 24.1 Å². The van der Waals surface area contributed by atoms with E-state index < -0.39 is 0 Å². The van der Waals surface area contributed by atoms with E-state index in [2.05, 4.69) is 5.32 Å². The number of hydrogen-bond acceptors (Lipinski definition) is 3. The second-order valence-corrected chi connectivity index (χ2v) is 5.02. The summed E-state index contributed by atoms with van der Waals surface area (Å²) < 4.78 is 11.1. The Balaban J connectivity index is 1.74. The fourth-order valence-corrected chi connectivity index (χ4v) is 2.30. The molecular weight excluding hydrogens is 266 g/mol. The lowest BCUT2D eigenvalue weighted by molar-refractivity contribution is -0.115. The van der Waals surface area contributed by atoms with Gasteiger partial charge in [0.2, 0.25) is 5.91 Å². The Labute approximate surface area is 123 Å². The first-order valence-electron chi connectivity index (χ1n) is 6.96. The van der Waals surface area contributed by atoms with Crippen molar-refractivity contribution < 1.29 is 14.3 Å². The van der Waals surface area contributed by atoms with Gasteiger partial charge in [-0.2, -0.15) is 0 Å². The van der Waals surface area contributed by atoms with Crippen LogP contribution in [0.4, 0.5) is 5.69 Å². The summed E-state index contributed by atoms with van der Waals surface area (Å²) in [5.41, 5.74) is 2.71. The summed E-state index contributed by atoms with van der Waals surface area (Å²) in [6, 6.07) is 13.4. The molecule has 0 saturated carbocycles. The number of anilines is 1. The van der Waals surface area contributed by atoms with E-state index in [1.165, 1.54) is 0 Å². The summed E-state index contributed by atoms with van der Waals surface area (Å²) in [5, 5.41) is 2.93. The molecule has 1 heterocycles. The highest BCUT2D eigenvalue weighted by Gasteiger charge is 2.15. The Kier molecular flexibility index (Phi) is 3.77. The average Bonchev–Trinajstić information content (AvgIpc) is 2.49. The third kappa shape index (κ3) is 3.16. The van der Waals surface area contributed by atoms with Crippen molar-refractivity contribution >= 4 is 11.6 Å². The quantitative estimate of drug-likeness (QED) is 0.942. The van der Waals surface area contributed by atoms with Crippen LogP contribution in [0.5, 0.6) is 11.5 Å². The van der Waals surface area contributed by atoms with E-state index in [1.54, 1.807) is 0 Å². The van der Waals surface area contributed by atoms with E-state index in [1.807, 2.05) is 49.4 Å². The maximum absolute atomic E-state index is 12.1. The Hall–Kier alpha value is -2.49. The van der Waals surface area contributed by atoms with Gasteiger partial charge < -0.3 is 14.8 Å². The maximum Gasteiger partial charge on any atom is 0.228 e. The Morgan fingerprint density at radius 2 is 1.76 bits per heavy atom. The van der Waals surface area contributed by atoms with Gasteiger partial charge in [0, 0.05) is 11.8 Å². The topological polar surface area (TPSA) is 47.6 Å². The van der Waals surface area contributed by atoms with Crippen LogP contribution in [0.25, 0.3) is 0 Å². The molecule has 4 nitrogen and oxygen atoms in total. The first kappa shape index (κ1) is 13.5. The van der Waals surface area contributed by atoms with Crippen LogP contribution in [0, 0.1) is 6.92 Å². The Morgan fingerprint density at radius 1 is 1.10 bits per heavy atom. The van der Waals surface area contributed by atoms with Crippen LogP contribution in [-0.4, -0.2) is 19.1 Å². The van der Waals surface area contributed by atoms with Gasteiger partial charge in [-0.3, -0.25) is 4.79 Å². The van der Waals surface area contributed by atoms with Gasteiger partial charge in [0.1, 0.15) is 13.2 Å². The summed E-state index contributed by atoms with van der Waals surface area (Å²) in [4.78, 5) is 12.1. The van der Waals surface area contributed by atoms with Gasteiger partial charge in [-0.25, -0.2) is 0 Å². The zero-order valence-electron chi connectivity index (χ0n) is 11.9. The number of rotatable bonds is 3. The number of benzene rings is 2. The van der Waals surface area contributed by atoms with E-state index in [9.17, 15) is 4.79 Å². The van der Waals surface area contributed by atoms with Crippen molar-refractivity contribution in [2.45, 2.75) is 13.3 Å². The number of amides is 1. The number of nitrogens with one attached hydrogen (secondary N) is 1. The van der Waals surface area contributed by atoms with Crippen molar-refractivity contribution in [3.8, 4) is 11.5 Å². The normalized spacial score (nSPS) is 12.8. The molecule has 0 spiro atoms. The van der Waals surface area contributed by atoms with Gasteiger partial charge >= 0.3 is 0 Å². The largest absolute Gasteiger partial charge is 0.486 e. The van der Waals surface area contributed by atoms with E-state index in [0.717, 1.165) is 22.6 Å². The van der Waals surface area contributed by atoms with E-state index in [0.29, 0.717) is 25.4 Å². The molecule has 2 aromatic carbocycles. The molecule has 0 aromatic heterocycles. The van der Waals surface area contributed by atoms with Gasteiger partial charge in [0.05, 0.1) is 6.42 Å². The van der Waals surface area contributed by atoms with Gasteiger partial charge in [-0.15, -0.1) is 0 Å². The second-order valence-electron chi connectivity index (χ2n) is 5.02. The minimum absolute atomic E-state index is 0.0408. The smallest absolute Gasteiger partial charge is 0.228 e. The highest BCUT2D eigenvalue weighted by molar-refractivity contribution is 5.93. The van der Waals surface area contributed by atoms with Crippen LogP contribution in [-0.2, 0) is 11.2 Å². The lowest BCUT2D eigenvalue weighted by atomic mass is 10.1. The van der Waals surface area contributed by atoms with Gasteiger partial charge in [0.15, 0.2) is 11.5 Å². The summed E-state index contributed by atoms with van der Waals surface area (Å²) in [5.74, 6) is 1.38. The summed E-state index contributed by atoms with van der Waals surface area (Å²) in [6.07, 6.45) is 0.356. The number of carbonyl (C=O) groups excluding carboxylic acids is 1. The van der Waals surface area contributed by atoms with Crippen molar-refractivity contribution in [3.63, 3.8) is 0 Å². The molecule has 0 saturated heterocycles. The summed E-state index contributed by atoms with van der Waals surface area (Å²) >= 11 is 0. The Bertz CT molecular complexity index is 653. The minimum atomic E-state index is -0.0408. The lowest BCUT2D eigenvalue weighted by Gasteiger charge is -2.20. The van der Waals surface area contributed by atoms with Crippen molar-refractivity contribution in [2.75, 3.05) is 18.5 Å².